The van der Waals surface area contributed by atoms with Gasteiger partial charge in [-0.2, -0.15) is 10.2 Å². The van der Waals surface area contributed by atoms with Crippen LogP contribution in [-0.2, 0) is 15.1 Å². The molecule has 0 saturated heterocycles. The summed E-state index contributed by atoms with van der Waals surface area (Å²) >= 11 is -0.931. The first-order valence-electron chi connectivity index (χ1n) is 13.4. The van der Waals surface area contributed by atoms with Crippen LogP contribution in [-0.4, -0.2) is 47.8 Å². The molecule has 18 nitrogen and oxygen atoms in total. The van der Waals surface area contributed by atoms with E-state index in [1.54, 1.807) is 14.2 Å². The van der Waals surface area contributed by atoms with Gasteiger partial charge in [0, 0.05) is 36.4 Å². The molecule has 0 aliphatic heterocycles. The fourth-order valence-corrected chi connectivity index (χ4v) is 3.60. The molecule has 0 aliphatic carbocycles. The van der Waals surface area contributed by atoms with E-state index in [1.165, 1.54) is 87.0 Å². The number of aliphatic hydroxyl groups is 2. The predicted octanol–water partition coefficient (Wildman–Crippen LogP) is 10.1. The van der Waals surface area contributed by atoms with E-state index in [1.807, 2.05) is 0 Å². The van der Waals surface area contributed by atoms with Crippen molar-refractivity contribution in [1.29, 1.82) is 10.8 Å². The second-order valence-electron chi connectivity index (χ2n) is 8.72. The van der Waals surface area contributed by atoms with Crippen molar-refractivity contribution in [2.75, 3.05) is 28.4 Å². The van der Waals surface area contributed by atoms with Crippen molar-refractivity contribution >= 4 is 64.9 Å². The Balaban J connectivity index is 0.000000315. The number of nitro benzene ring substituents is 2. The molecule has 2 N–H and O–H groups in total. The molecule has 4 rings (SSSR count). The van der Waals surface area contributed by atoms with Gasteiger partial charge >= 0.3 is 45.9 Å². The van der Waals surface area contributed by atoms with Gasteiger partial charge in [0.25, 0.3) is 22.9 Å². The summed E-state index contributed by atoms with van der Waals surface area (Å²) in [5.74, 6) is 1.56. The van der Waals surface area contributed by atoms with E-state index in [9.17, 15) is 20.2 Å². The number of rotatable bonds is 10. The zero-order valence-corrected chi connectivity index (χ0v) is 30.7. The third-order valence-corrected chi connectivity index (χ3v) is 5.92. The van der Waals surface area contributed by atoms with Gasteiger partial charge in [-0.3, -0.25) is 20.2 Å². The molecule has 0 aromatic heterocycles. The molecule has 49 heavy (non-hydrogen) atoms. The molecule has 0 radical (unpaired) electrons. The summed E-state index contributed by atoms with van der Waals surface area (Å²) in [6, 6.07) is 17.4. The molecule has 0 unspecified atom stereocenters. The fraction of sp³-hybridized carbons (Fsp3) is 0.143. The number of methoxy groups -OCH3 is 2. The number of nitrogens with zero attached hydrogens (tertiary/aromatic N) is 10. The van der Waals surface area contributed by atoms with Gasteiger partial charge in [-0.25, -0.2) is 0 Å². The predicted molar refractivity (Wildman–Crippen MR) is 177 cm³/mol. The Morgan fingerprint density at radius 2 is 1.00 bits per heavy atom. The Labute approximate surface area is 293 Å². The SMILES string of the molecule is COc1cc(N=Nc2ccc([N+](=O)[O-])cc2)c([OH+]C)cc1[N+]#N.COc1cc(N=Nc2ccc([N+](=O)[O-])cc2)c([OH+]C)cc1[N+]#N.[Cl][Zn][Cl]. The Kier molecular flexibility index (Phi) is 16.3. The molecular weight excluding hydrogens is 741 g/mol. The summed E-state index contributed by atoms with van der Waals surface area (Å²) in [6.07, 6.45) is 0. The number of ether oxygens (including phenoxy) is 4. The van der Waals surface area contributed by atoms with Crippen molar-refractivity contribution in [1.82, 2.24) is 0 Å². The average Bonchev–Trinajstić information content (AvgIpc) is 3.13. The Morgan fingerprint density at radius 1 is 0.673 bits per heavy atom. The number of benzene rings is 4. The van der Waals surface area contributed by atoms with Gasteiger partial charge in [-0.15, -0.1) is 10.2 Å². The van der Waals surface area contributed by atoms with E-state index >= 15 is 0 Å². The first kappa shape index (κ1) is 39.3. The number of nitro groups is 2. The van der Waals surface area contributed by atoms with Gasteiger partial charge in [0.05, 0.1) is 35.4 Å². The molecule has 4 aromatic carbocycles. The van der Waals surface area contributed by atoms with E-state index < -0.39 is 25.0 Å². The molecular formula is C28H26Cl2N10O8Zn+4. The van der Waals surface area contributed by atoms with Crippen LogP contribution < -0.4 is 9.47 Å². The van der Waals surface area contributed by atoms with E-state index in [2.05, 4.69) is 39.9 Å². The van der Waals surface area contributed by atoms with E-state index in [4.69, 9.17) is 39.6 Å². The van der Waals surface area contributed by atoms with Crippen molar-refractivity contribution < 1.29 is 43.9 Å². The van der Waals surface area contributed by atoms with Gasteiger partial charge in [0.15, 0.2) is 35.5 Å². The Hall–Kier alpha value is -5.88. The summed E-state index contributed by atoms with van der Waals surface area (Å²) in [6.45, 7) is 0. The van der Waals surface area contributed by atoms with Crippen molar-refractivity contribution in [2.24, 2.45) is 20.5 Å². The maximum atomic E-state index is 10.6. The summed E-state index contributed by atoms with van der Waals surface area (Å²) in [5.41, 5.74) is 2.13. The number of azo groups is 2. The number of halogens is 2. The third-order valence-electron chi connectivity index (χ3n) is 5.92. The summed E-state index contributed by atoms with van der Waals surface area (Å²) < 4.78 is 18.3. The second-order valence-corrected chi connectivity index (χ2v) is 13.3. The molecule has 21 heteroatoms. The molecule has 4 aromatic rings. The van der Waals surface area contributed by atoms with Crippen LogP contribution in [0.2, 0.25) is 0 Å². The number of non-ortho nitro benzene ring substituents is 2. The number of hydrogen-bond donors (Lipinski definition) is 0. The van der Waals surface area contributed by atoms with Gasteiger partial charge in [0.1, 0.15) is 12.1 Å². The molecule has 0 fully saturated rings. The van der Waals surface area contributed by atoms with Crippen LogP contribution in [0.3, 0.4) is 0 Å². The Morgan fingerprint density at radius 3 is 1.24 bits per heavy atom. The summed E-state index contributed by atoms with van der Waals surface area (Å²) in [4.78, 5) is 26.5. The minimum absolute atomic E-state index is 0.0243. The fourth-order valence-electron chi connectivity index (χ4n) is 3.60. The topological polar surface area (TPSA) is 236 Å². The van der Waals surface area contributed by atoms with Crippen LogP contribution in [0, 0.1) is 31.0 Å². The second kappa shape index (κ2) is 20.4. The van der Waals surface area contributed by atoms with Crippen molar-refractivity contribution in [3.8, 4) is 23.0 Å². The van der Waals surface area contributed by atoms with Crippen LogP contribution in [0.5, 0.6) is 23.0 Å². The first-order chi connectivity index (χ1) is 23.6. The number of hydrogen-bond acceptors (Lipinski definition) is 12. The van der Waals surface area contributed by atoms with E-state index in [0.717, 1.165) is 0 Å². The third kappa shape index (κ3) is 11.7. The first-order valence-corrected chi connectivity index (χ1v) is 21.2. The molecule has 0 bridgehead atoms. The number of aromatic hydroxyl groups is 2. The van der Waals surface area contributed by atoms with E-state index in [0.29, 0.717) is 45.7 Å². The van der Waals surface area contributed by atoms with Gasteiger partial charge in [-0.1, -0.05) is 0 Å². The molecule has 248 valence electrons. The van der Waals surface area contributed by atoms with Crippen molar-refractivity contribution in [2.45, 2.75) is 0 Å². The van der Waals surface area contributed by atoms with Crippen molar-refractivity contribution in [3.05, 3.63) is 103 Å². The molecule has 0 aliphatic rings. The van der Waals surface area contributed by atoms with Crippen LogP contribution in [0.25, 0.3) is 9.95 Å². The normalized spacial score (nSPS) is 9.88. The zero-order valence-electron chi connectivity index (χ0n) is 26.2. The standard InChI is InChI=1S/2C14H12N5O4.2ClH.Zn/c2*1-22-13-8-12(14(23-2)7-11(13)16-15)18-17-9-3-5-10(6-4-9)19(20)21;;;/h2*3-8H,1-2H3;2*1H;/q2*+1;;;+2. The van der Waals surface area contributed by atoms with Gasteiger partial charge in [0.2, 0.25) is 22.3 Å². The van der Waals surface area contributed by atoms with Crippen LogP contribution in [0.1, 0.15) is 0 Å². The average molecular weight is 767 g/mol. The molecule has 0 heterocycles. The Bertz CT molecular complexity index is 1770. The zero-order chi connectivity index (χ0) is 36.3. The van der Waals surface area contributed by atoms with Gasteiger partial charge < -0.3 is 18.9 Å². The van der Waals surface area contributed by atoms with Crippen LogP contribution in [0.15, 0.2) is 93.3 Å². The molecule has 0 spiro atoms. The van der Waals surface area contributed by atoms with Crippen LogP contribution in [0.4, 0.5) is 45.5 Å². The van der Waals surface area contributed by atoms with E-state index in [-0.39, 0.29) is 22.7 Å². The molecule has 0 saturated carbocycles. The number of diazo groups is 2. The monoisotopic (exact) mass is 764 g/mol. The van der Waals surface area contributed by atoms with Crippen molar-refractivity contribution in [3.63, 3.8) is 0 Å². The minimum atomic E-state index is -0.931. The molecule has 0 amide bonds. The maximum absolute atomic E-state index is 10.6. The van der Waals surface area contributed by atoms with Crippen LogP contribution >= 0.6 is 19.4 Å². The van der Waals surface area contributed by atoms with Gasteiger partial charge in [-0.05, 0) is 24.3 Å². The quantitative estimate of drug-likeness (QED) is 0.0375. The molecule has 0 atom stereocenters. The summed E-state index contributed by atoms with van der Waals surface area (Å²) in [7, 11) is 15.9. The summed E-state index contributed by atoms with van der Waals surface area (Å²) in [5, 5.41) is 55.2.